The highest BCUT2D eigenvalue weighted by Crippen LogP contribution is 2.34. The largest absolute Gasteiger partial charge is 0.479 e. The third-order valence-electron chi connectivity index (χ3n) is 4.19. The molecule has 21 heavy (non-hydrogen) atoms. The molecule has 0 aromatic heterocycles. The van der Waals surface area contributed by atoms with Crippen molar-refractivity contribution in [1.29, 1.82) is 0 Å². The predicted molar refractivity (Wildman–Crippen MR) is 80.8 cm³/mol. The smallest absolute Gasteiger partial charge is 0.329 e. The molecule has 3 N–H and O–H groups in total. The van der Waals surface area contributed by atoms with Crippen molar-refractivity contribution in [1.82, 2.24) is 4.90 Å². The van der Waals surface area contributed by atoms with Crippen molar-refractivity contribution in [3.63, 3.8) is 0 Å². The normalized spacial score (nSPS) is 21.5. The van der Waals surface area contributed by atoms with E-state index in [2.05, 4.69) is 0 Å². The van der Waals surface area contributed by atoms with Crippen molar-refractivity contribution in [2.24, 2.45) is 0 Å². The minimum absolute atomic E-state index is 0.117. The van der Waals surface area contributed by atoms with Crippen molar-refractivity contribution in [2.75, 3.05) is 12.3 Å². The van der Waals surface area contributed by atoms with Gasteiger partial charge in [0.25, 0.3) is 0 Å². The van der Waals surface area contributed by atoms with Crippen LogP contribution in [0.4, 0.5) is 5.69 Å². The number of benzene rings is 1. The fraction of sp³-hybridized carbons (Fsp3) is 0.500. The molecule has 5 nitrogen and oxygen atoms in total. The summed E-state index contributed by atoms with van der Waals surface area (Å²) in [5.41, 5.74) is 6.12. The van der Waals surface area contributed by atoms with Crippen molar-refractivity contribution in [3.05, 3.63) is 29.8 Å². The van der Waals surface area contributed by atoms with E-state index in [0.29, 0.717) is 25.1 Å². The molecular weight excluding hydrogens is 268 g/mol. The number of nitrogen functional groups attached to an aromatic ring is 1. The Morgan fingerprint density at radius 3 is 2.57 bits per heavy atom. The topological polar surface area (TPSA) is 83.6 Å². The summed E-state index contributed by atoms with van der Waals surface area (Å²) in [4.78, 5) is 25.8. The predicted octanol–water partition coefficient (Wildman–Crippen LogP) is 2.06. The van der Waals surface area contributed by atoms with E-state index in [-0.39, 0.29) is 12.3 Å². The number of hydrogen-bond acceptors (Lipinski definition) is 3. The van der Waals surface area contributed by atoms with E-state index in [4.69, 9.17) is 5.73 Å². The number of carboxylic acids is 1. The van der Waals surface area contributed by atoms with Gasteiger partial charge in [0.2, 0.25) is 5.91 Å². The molecule has 0 radical (unpaired) electrons. The summed E-state index contributed by atoms with van der Waals surface area (Å²) in [5, 5.41) is 9.61. The van der Waals surface area contributed by atoms with Crippen LogP contribution in [0.25, 0.3) is 0 Å². The van der Waals surface area contributed by atoms with Gasteiger partial charge in [0.1, 0.15) is 5.54 Å². The number of carbonyl (C=O) groups is 2. The Kier molecular flexibility index (Phi) is 4.50. The Hall–Kier alpha value is -2.04. The van der Waals surface area contributed by atoms with E-state index in [0.717, 1.165) is 18.4 Å². The fourth-order valence-corrected chi connectivity index (χ4v) is 3.15. The van der Waals surface area contributed by atoms with Gasteiger partial charge in [-0.2, -0.15) is 0 Å². The molecule has 0 aliphatic carbocycles. The average molecular weight is 290 g/mol. The third-order valence-corrected chi connectivity index (χ3v) is 4.19. The first kappa shape index (κ1) is 15.4. The zero-order valence-electron chi connectivity index (χ0n) is 12.3. The van der Waals surface area contributed by atoms with Gasteiger partial charge in [-0.25, -0.2) is 4.79 Å². The molecule has 1 amide bonds. The third kappa shape index (κ3) is 3.01. The Balaban J connectivity index is 2.16. The summed E-state index contributed by atoms with van der Waals surface area (Å²) in [7, 11) is 0. The maximum atomic E-state index is 12.5. The van der Waals surface area contributed by atoms with Crippen LogP contribution in [0.5, 0.6) is 0 Å². The SMILES string of the molecule is CCCC1(C(=O)O)CCCN1C(=O)Cc1ccc(N)cc1. The maximum absolute atomic E-state index is 12.5. The summed E-state index contributed by atoms with van der Waals surface area (Å²) in [6, 6.07) is 7.13. The number of carbonyl (C=O) groups excluding carboxylic acids is 1. The van der Waals surface area contributed by atoms with Gasteiger partial charge in [-0.1, -0.05) is 25.5 Å². The lowest BCUT2D eigenvalue weighted by molar-refractivity contribution is -0.156. The van der Waals surface area contributed by atoms with E-state index >= 15 is 0 Å². The molecule has 0 saturated carbocycles. The molecule has 1 heterocycles. The summed E-state index contributed by atoms with van der Waals surface area (Å²) in [6.07, 6.45) is 2.77. The van der Waals surface area contributed by atoms with Crippen LogP contribution in [0, 0.1) is 0 Å². The van der Waals surface area contributed by atoms with Crippen LogP contribution in [0.3, 0.4) is 0 Å². The van der Waals surface area contributed by atoms with Crippen molar-refractivity contribution >= 4 is 17.6 Å². The standard InChI is InChI=1S/C16H22N2O3/c1-2-8-16(15(20)21)9-3-10-18(16)14(19)11-12-4-6-13(17)7-5-12/h4-7H,2-3,8-11,17H2,1H3,(H,20,21). The number of rotatable bonds is 5. The highest BCUT2D eigenvalue weighted by atomic mass is 16.4. The molecule has 1 aromatic carbocycles. The quantitative estimate of drug-likeness (QED) is 0.813. The van der Waals surface area contributed by atoms with Gasteiger partial charge in [0, 0.05) is 12.2 Å². The molecule has 1 atom stereocenters. The minimum Gasteiger partial charge on any atom is -0.479 e. The van der Waals surface area contributed by atoms with Gasteiger partial charge in [-0.15, -0.1) is 0 Å². The van der Waals surface area contributed by atoms with Crippen LogP contribution >= 0.6 is 0 Å². The summed E-state index contributed by atoms with van der Waals surface area (Å²) < 4.78 is 0. The zero-order chi connectivity index (χ0) is 15.5. The Bertz CT molecular complexity index is 527. The number of likely N-dealkylation sites (tertiary alicyclic amines) is 1. The Labute approximate surface area is 124 Å². The number of aliphatic carboxylic acids is 1. The van der Waals surface area contributed by atoms with E-state index in [1.165, 1.54) is 0 Å². The number of carboxylic acid groups (broad SMARTS) is 1. The average Bonchev–Trinajstić information content (AvgIpc) is 2.87. The lowest BCUT2D eigenvalue weighted by atomic mass is 9.90. The molecule has 1 aromatic rings. The molecule has 114 valence electrons. The zero-order valence-corrected chi connectivity index (χ0v) is 12.3. The fourth-order valence-electron chi connectivity index (χ4n) is 3.15. The molecule has 1 unspecified atom stereocenters. The van der Waals surface area contributed by atoms with Crippen LogP contribution in [-0.2, 0) is 16.0 Å². The van der Waals surface area contributed by atoms with Crippen LogP contribution < -0.4 is 5.73 Å². The number of amides is 1. The molecule has 1 aliphatic rings. The van der Waals surface area contributed by atoms with Crippen molar-refractivity contribution in [2.45, 2.75) is 44.6 Å². The number of nitrogens with zero attached hydrogens (tertiary/aromatic N) is 1. The maximum Gasteiger partial charge on any atom is 0.329 e. The van der Waals surface area contributed by atoms with Crippen LogP contribution in [0.2, 0.25) is 0 Å². The highest BCUT2D eigenvalue weighted by Gasteiger charge is 2.48. The lowest BCUT2D eigenvalue weighted by Gasteiger charge is -2.34. The molecule has 0 bridgehead atoms. The van der Waals surface area contributed by atoms with Crippen LogP contribution in [0.15, 0.2) is 24.3 Å². The van der Waals surface area contributed by atoms with Crippen LogP contribution in [0.1, 0.15) is 38.2 Å². The van der Waals surface area contributed by atoms with E-state index in [1.54, 1.807) is 17.0 Å². The molecule has 1 fully saturated rings. The van der Waals surface area contributed by atoms with Crippen molar-refractivity contribution in [3.8, 4) is 0 Å². The summed E-state index contributed by atoms with van der Waals surface area (Å²) in [6.45, 7) is 2.48. The van der Waals surface area contributed by atoms with Crippen LogP contribution in [-0.4, -0.2) is 34.0 Å². The van der Waals surface area contributed by atoms with E-state index in [9.17, 15) is 14.7 Å². The number of anilines is 1. The van der Waals surface area contributed by atoms with Gasteiger partial charge >= 0.3 is 5.97 Å². The van der Waals surface area contributed by atoms with E-state index in [1.807, 2.05) is 19.1 Å². The molecular formula is C16H22N2O3. The van der Waals surface area contributed by atoms with Gasteiger partial charge in [-0.3, -0.25) is 4.79 Å². The second-order valence-corrected chi connectivity index (χ2v) is 5.65. The second kappa shape index (κ2) is 6.16. The monoisotopic (exact) mass is 290 g/mol. The molecule has 0 spiro atoms. The first-order valence-corrected chi connectivity index (χ1v) is 7.38. The van der Waals surface area contributed by atoms with E-state index < -0.39 is 11.5 Å². The molecule has 1 aliphatic heterocycles. The summed E-state index contributed by atoms with van der Waals surface area (Å²) in [5.74, 6) is -0.999. The van der Waals surface area contributed by atoms with Gasteiger partial charge in [0.05, 0.1) is 6.42 Å². The first-order chi connectivity index (χ1) is 9.99. The molecule has 1 saturated heterocycles. The minimum atomic E-state index is -1.01. The molecule has 2 rings (SSSR count). The second-order valence-electron chi connectivity index (χ2n) is 5.65. The Morgan fingerprint density at radius 2 is 2.00 bits per heavy atom. The van der Waals surface area contributed by atoms with Gasteiger partial charge < -0.3 is 15.7 Å². The molecule has 5 heteroatoms. The summed E-state index contributed by atoms with van der Waals surface area (Å²) >= 11 is 0. The van der Waals surface area contributed by atoms with Gasteiger partial charge in [-0.05, 0) is 37.0 Å². The lowest BCUT2D eigenvalue weighted by Crippen LogP contribution is -2.53. The highest BCUT2D eigenvalue weighted by molar-refractivity contribution is 5.88. The number of nitrogens with two attached hydrogens (primary N) is 1. The Morgan fingerprint density at radius 1 is 1.33 bits per heavy atom. The van der Waals surface area contributed by atoms with Gasteiger partial charge in [0.15, 0.2) is 0 Å². The number of hydrogen-bond donors (Lipinski definition) is 2. The van der Waals surface area contributed by atoms with Crippen molar-refractivity contribution < 1.29 is 14.7 Å². The first-order valence-electron chi connectivity index (χ1n) is 7.38.